The molecule has 7 nitrogen and oxygen atoms in total. The summed E-state index contributed by atoms with van der Waals surface area (Å²) in [5, 5.41) is 5.28. The molecule has 11 heteroatoms. The number of amides is 3. The Hall–Kier alpha value is -3.73. The van der Waals surface area contributed by atoms with E-state index in [0.29, 0.717) is 5.56 Å². The molecule has 36 heavy (non-hydrogen) atoms. The second-order valence-corrected chi connectivity index (χ2v) is 9.93. The number of thiazole rings is 1. The summed E-state index contributed by atoms with van der Waals surface area (Å²) < 4.78 is 40.6. The van der Waals surface area contributed by atoms with Gasteiger partial charge < -0.3 is 10.2 Å². The van der Waals surface area contributed by atoms with Gasteiger partial charge in [0.15, 0.2) is 5.13 Å². The molecule has 0 spiro atoms. The second kappa shape index (κ2) is 9.73. The number of rotatable bonds is 6. The first-order chi connectivity index (χ1) is 16.9. The molecule has 1 aliphatic heterocycles. The SMILES string of the molecule is CC(C)(NC(=O)c1ccc(F)cc1)C(=O)Nc1nc(-c2ccccc2)c(C(=O)N2CCC(F)(F)C2)s1. The van der Waals surface area contributed by atoms with Crippen LogP contribution in [0.5, 0.6) is 0 Å². The fraction of sp³-hybridized carbons (Fsp3) is 0.280. The maximum atomic E-state index is 13.7. The van der Waals surface area contributed by atoms with Gasteiger partial charge in [-0.1, -0.05) is 41.7 Å². The number of carbonyl (C=O) groups is 3. The maximum absolute atomic E-state index is 13.7. The van der Waals surface area contributed by atoms with E-state index in [9.17, 15) is 27.6 Å². The first kappa shape index (κ1) is 25.4. The van der Waals surface area contributed by atoms with Gasteiger partial charge in [0, 0.05) is 24.1 Å². The molecule has 2 N–H and O–H groups in total. The number of hydrogen-bond acceptors (Lipinski definition) is 5. The first-order valence-electron chi connectivity index (χ1n) is 11.1. The van der Waals surface area contributed by atoms with E-state index in [2.05, 4.69) is 15.6 Å². The number of carbonyl (C=O) groups excluding carboxylic acids is 3. The molecule has 0 atom stereocenters. The van der Waals surface area contributed by atoms with Crippen molar-refractivity contribution in [2.75, 3.05) is 18.4 Å². The van der Waals surface area contributed by atoms with E-state index in [1.807, 2.05) is 0 Å². The van der Waals surface area contributed by atoms with Gasteiger partial charge in [0.25, 0.3) is 23.6 Å². The summed E-state index contributed by atoms with van der Waals surface area (Å²) in [5.41, 5.74) is -0.365. The summed E-state index contributed by atoms with van der Waals surface area (Å²) >= 11 is 0.877. The van der Waals surface area contributed by atoms with Crippen LogP contribution >= 0.6 is 11.3 Å². The van der Waals surface area contributed by atoms with E-state index in [0.717, 1.165) is 28.4 Å². The minimum Gasteiger partial charge on any atom is -0.338 e. The Labute approximate surface area is 209 Å². The van der Waals surface area contributed by atoms with Gasteiger partial charge in [-0.05, 0) is 38.1 Å². The number of halogens is 3. The Morgan fingerprint density at radius 2 is 1.72 bits per heavy atom. The highest BCUT2D eigenvalue weighted by Gasteiger charge is 2.41. The molecule has 3 amide bonds. The molecule has 1 aromatic heterocycles. The standard InChI is InChI=1S/C25H23F3N4O3S/c1-24(2,31-20(33)16-8-10-17(26)11-9-16)22(35)30-23-29-18(15-6-4-3-5-7-15)19(36-23)21(34)32-13-12-25(27,28)14-32/h3-11H,12-14H2,1-2H3,(H,31,33)(H,29,30,35). The molecule has 1 aliphatic rings. The maximum Gasteiger partial charge on any atom is 0.267 e. The van der Waals surface area contributed by atoms with Gasteiger partial charge in [-0.2, -0.15) is 0 Å². The molecule has 1 saturated heterocycles. The monoisotopic (exact) mass is 516 g/mol. The third-order valence-corrected chi connectivity index (χ3v) is 6.60. The van der Waals surface area contributed by atoms with Gasteiger partial charge in [-0.3, -0.25) is 19.7 Å². The van der Waals surface area contributed by atoms with Gasteiger partial charge in [0.2, 0.25) is 0 Å². The van der Waals surface area contributed by atoms with Crippen molar-refractivity contribution in [3.05, 3.63) is 70.9 Å². The predicted molar refractivity (Wildman–Crippen MR) is 130 cm³/mol. The van der Waals surface area contributed by atoms with E-state index in [1.165, 1.54) is 26.0 Å². The van der Waals surface area contributed by atoms with E-state index in [4.69, 9.17) is 0 Å². The summed E-state index contributed by atoms with van der Waals surface area (Å²) in [6.07, 6.45) is -0.413. The second-order valence-electron chi connectivity index (χ2n) is 8.94. The highest BCUT2D eigenvalue weighted by atomic mass is 32.1. The quantitative estimate of drug-likeness (QED) is 0.502. The fourth-order valence-corrected chi connectivity index (χ4v) is 4.58. The average Bonchev–Trinajstić information content (AvgIpc) is 3.42. The van der Waals surface area contributed by atoms with Gasteiger partial charge in [-0.15, -0.1) is 0 Å². The molecule has 0 bridgehead atoms. The molecule has 3 aromatic rings. The number of hydrogen-bond donors (Lipinski definition) is 2. The van der Waals surface area contributed by atoms with Gasteiger partial charge >= 0.3 is 0 Å². The van der Waals surface area contributed by atoms with Crippen molar-refractivity contribution in [3.63, 3.8) is 0 Å². The van der Waals surface area contributed by atoms with Gasteiger partial charge in [-0.25, -0.2) is 18.2 Å². The zero-order valence-electron chi connectivity index (χ0n) is 19.5. The van der Waals surface area contributed by atoms with Crippen LogP contribution in [0.2, 0.25) is 0 Å². The van der Waals surface area contributed by atoms with Crippen LogP contribution in [-0.2, 0) is 4.79 Å². The van der Waals surface area contributed by atoms with E-state index < -0.39 is 48.0 Å². The average molecular weight is 517 g/mol. The Morgan fingerprint density at radius 1 is 1.06 bits per heavy atom. The van der Waals surface area contributed by atoms with E-state index in [-0.39, 0.29) is 27.8 Å². The number of aromatic nitrogens is 1. The molecular formula is C25H23F3N4O3S. The van der Waals surface area contributed by atoms with Crippen molar-refractivity contribution in [1.29, 1.82) is 0 Å². The van der Waals surface area contributed by atoms with Crippen molar-refractivity contribution in [2.24, 2.45) is 0 Å². The number of anilines is 1. The molecule has 0 aliphatic carbocycles. The summed E-state index contributed by atoms with van der Waals surface area (Å²) in [4.78, 5) is 44.3. The lowest BCUT2D eigenvalue weighted by Gasteiger charge is -2.24. The number of likely N-dealkylation sites (tertiary alicyclic amines) is 1. The predicted octanol–water partition coefficient (Wildman–Crippen LogP) is 4.58. The van der Waals surface area contributed by atoms with Crippen molar-refractivity contribution >= 4 is 34.2 Å². The van der Waals surface area contributed by atoms with Crippen LogP contribution in [0.3, 0.4) is 0 Å². The molecule has 2 heterocycles. The van der Waals surface area contributed by atoms with Crippen molar-refractivity contribution in [1.82, 2.24) is 15.2 Å². The van der Waals surface area contributed by atoms with Crippen LogP contribution in [0.25, 0.3) is 11.3 Å². The van der Waals surface area contributed by atoms with Crippen molar-refractivity contribution in [2.45, 2.75) is 31.7 Å². The normalized spacial score (nSPS) is 15.0. The molecule has 0 saturated carbocycles. The Balaban J connectivity index is 1.56. The van der Waals surface area contributed by atoms with Crippen molar-refractivity contribution in [3.8, 4) is 11.3 Å². The zero-order chi connectivity index (χ0) is 26.1. The lowest BCUT2D eigenvalue weighted by atomic mass is 10.0. The van der Waals surface area contributed by atoms with Crippen LogP contribution in [0.15, 0.2) is 54.6 Å². The van der Waals surface area contributed by atoms with Crippen LogP contribution in [-0.4, -0.2) is 52.2 Å². The summed E-state index contributed by atoms with van der Waals surface area (Å²) in [6, 6.07) is 13.6. The largest absolute Gasteiger partial charge is 0.338 e. The smallest absolute Gasteiger partial charge is 0.267 e. The molecule has 1 fully saturated rings. The van der Waals surface area contributed by atoms with Gasteiger partial charge in [0.05, 0.1) is 12.2 Å². The number of benzene rings is 2. The first-order valence-corrected chi connectivity index (χ1v) is 11.9. The summed E-state index contributed by atoms with van der Waals surface area (Å²) in [6.45, 7) is 2.20. The van der Waals surface area contributed by atoms with Crippen LogP contribution in [0.1, 0.15) is 40.3 Å². The van der Waals surface area contributed by atoms with Crippen LogP contribution < -0.4 is 10.6 Å². The molecular weight excluding hydrogens is 493 g/mol. The zero-order valence-corrected chi connectivity index (χ0v) is 20.3. The summed E-state index contributed by atoms with van der Waals surface area (Å²) in [5.74, 6) is -5.22. The highest BCUT2D eigenvalue weighted by Crippen LogP contribution is 2.35. The number of nitrogens with zero attached hydrogens (tertiary/aromatic N) is 2. The minimum absolute atomic E-state index is 0.0808. The van der Waals surface area contributed by atoms with Crippen LogP contribution in [0.4, 0.5) is 18.3 Å². The third-order valence-electron chi connectivity index (χ3n) is 5.65. The van der Waals surface area contributed by atoms with Crippen LogP contribution in [0, 0.1) is 5.82 Å². The number of nitrogens with one attached hydrogen (secondary N) is 2. The van der Waals surface area contributed by atoms with E-state index >= 15 is 0 Å². The minimum atomic E-state index is -2.95. The van der Waals surface area contributed by atoms with Gasteiger partial charge in [0.1, 0.15) is 16.2 Å². The lowest BCUT2D eigenvalue weighted by molar-refractivity contribution is -0.120. The molecule has 0 radical (unpaired) electrons. The molecule has 4 rings (SSSR count). The number of alkyl halides is 2. The lowest BCUT2D eigenvalue weighted by Crippen LogP contribution is -2.52. The Kier molecular flexibility index (Phi) is 6.85. The topological polar surface area (TPSA) is 91.4 Å². The molecule has 2 aromatic carbocycles. The van der Waals surface area contributed by atoms with Crippen molar-refractivity contribution < 1.29 is 27.6 Å². The third kappa shape index (κ3) is 5.56. The fourth-order valence-electron chi connectivity index (χ4n) is 3.63. The Bertz CT molecular complexity index is 1290. The van der Waals surface area contributed by atoms with E-state index in [1.54, 1.807) is 30.3 Å². The molecule has 188 valence electrons. The Morgan fingerprint density at radius 3 is 2.33 bits per heavy atom. The molecule has 0 unspecified atom stereocenters. The highest BCUT2D eigenvalue weighted by molar-refractivity contribution is 7.18. The summed E-state index contributed by atoms with van der Waals surface area (Å²) in [7, 11) is 0.